The SMILES string of the molecule is C#CCC(NCCC)c1snnc1C(C)(C)C. The molecule has 0 fully saturated rings. The first kappa shape index (κ1) is 14.1. The predicted octanol–water partition coefficient (Wildman–Crippen LogP) is 2.90. The van der Waals surface area contributed by atoms with E-state index in [9.17, 15) is 0 Å². The van der Waals surface area contributed by atoms with Gasteiger partial charge < -0.3 is 5.32 Å². The molecule has 0 aliphatic rings. The Kier molecular flexibility index (Phi) is 5.10. The van der Waals surface area contributed by atoms with E-state index in [4.69, 9.17) is 6.42 Å². The van der Waals surface area contributed by atoms with Crippen molar-refractivity contribution in [3.05, 3.63) is 10.6 Å². The minimum absolute atomic E-state index is 0.0169. The van der Waals surface area contributed by atoms with Crippen LogP contribution in [0.25, 0.3) is 0 Å². The number of hydrogen-bond donors (Lipinski definition) is 1. The molecule has 1 aromatic heterocycles. The van der Waals surface area contributed by atoms with Gasteiger partial charge in [0.2, 0.25) is 0 Å². The predicted molar refractivity (Wildman–Crippen MR) is 73.1 cm³/mol. The van der Waals surface area contributed by atoms with Crippen LogP contribution in [0.3, 0.4) is 0 Å². The van der Waals surface area contributed by atoms with Gasteiger partial charge in [-0.25, -0.2) is 0 Å². The summed E-state index contributed by atoms with van der Waals surface area (Å²) in [6.45, 7) is 9.57. The van der Waals surface area contributed by atoms with Crippen molar-refractivity contribution < 1.29 is 0 Å². The summed E-state index contributed by atoms with van der Waals surface area (Å²) in [7, 11) is 0. The van der Waals surface area contributed by atoms with E-state index in [2.05, 4.69) is 48.5 Å². The van der Waals surface area contributed by atoms with E-state index in [1.165, 1.54) is 16.4 Å². The number of hydrogen-bond acceptors (Lipinski definition) is 4. The van der Waals surface area contributed by atoms with E-state index >= 15 is 0 Å². The molecule has 1 aromatic rings. The average Bonchev–Trinajstić information content (AvgIpc) is 2.72. The molecular formula is C13H21N3S. The summed E-state index contributed by atoms with van der Waals surface area (Å²) in [4.78, 5) is 1.18. The van der Waals surface area contributed by atoms with Gasteiger partial charge in [0.05, 0.1) is 16.6 Å². The highest BCUT2D eigenvalue weighted by molar-refractivity contribution is 7.05. The first-order chi connectivity index (χ1) is 8.00. The van der Waals surface area contributed by atoms with Crippen molar-refractivity contribution in [2.75, 3.05) is 6.54 Å². The molecule has 0 radical (unpaired) electrons. The van der Waals surface area contributed by atoms with Crippen LogP contribution in [0.15, 0.2) is 0 Å². The van der Waals surface area contributed by atoms with Gasteiger partial charge in [-0.1, -0.05) is 32.2 Å². The van der Waals surface area contributed by atoms with E-state index in [1.54, 1.807) is 0 Å². The van der Waals surface area contributed by atoms with Gasteiger partial charge in [-0.05, 0) is 24.5 Å². The molecule has 0 saturated carbocycles. The molecule has 4 heteroatoms. The summed E-state index contributed by atoms with van der Waals surface area (Å²) in [6, 6.07) is 0.189. The van der Waals surface area contributed by atoms with Crippen LogP contribution in [0.4, 0.5) is 0 Å². The highest BCUT2D eigenvalue weighted by Crippen LogP contribution is 2.31. The van der Waals surface area contributed by atoms with Crippen LogP contribution in [0.1, 0.15) is 57.1 Å². The Morgan fingerprint density at radius 3 is 2.71 bits per heavy atom. The quantitative estimate of drug-likeness (QED) is 0.818. The summed E-state index contributed by atoms with van der Waals surface area (Å²) < 4.78 is 4.08. The Labute approximate surface area is 108 Å². The molecule has 1 rings (SSSR count). The molecule has 0 amide bonds. The van der Waals surface area contributed by atoms with Crippen molar-refractivity contribution in [3.63, 3.8) is 0 Å². The van der Waals surface area contributed by atoms with Crippen molar-refractivity contribution in [2.24, 2.45) is 0 Å². The van der Waals surface area contributed by atoms with Crippen LogP contribution in [0, 0.1) is 12.3 Å². The zero-order valence-electron chi connectivity index (χ0n) is 11.1. The standard InChI is InChI=1S/C13H21N3S/c1-6-8-10(14-9-7-2)11-12(13(3,4)5)15-16-17-11/h1,10,14H,7-9H2,2-5H3. The molecule has 0 aliphatic heterocycles. The zero-order chi connectivity index (χ0) is 12.9. The Morgan fingerprint density at radius 1 is 1.47 bits per heavy atom. The second kappa shape index (κ2) is 6.13. The zero-order valence-corrected chi connectivity index (χ0v) is 11.9. The van der Waals surface area contributed by atoms with Crippen molar-refractivity contribution >= 4 is 11.5 Å². The number of rotatable bonds is 5. The van der Waals surface area contributed by atoms with Gasteiger partial charge in [-0.2, -0.15) is 0 Å². The molecule has 1 heterocycles. The number of terminal acetylenes is 1. The Morgan fingerprint density at radius 2 is 2.18 bits per heavy atom. The van der Waals surface area contributed by atoms with E-state index in [0.29, 0.717) is 6.42 Å². The van der Waals surface area contributed by atoms with Crippen LogP contribution in [0.5, 0.6) is 0 Å². The summed E-state index contributed by atoms with van der Waals surface area (Å²) in [5, 5.41) is 7.73. The fourth-order valence-corrected chi connectivity index (χ4v) is 2.58. The smallest absolute Gasteiger partial charge is 0.0857 e. The molecule has 0 bridgehead atoms. The van der Waals surface area contributed by atoms with Crippen LogP contribution in [-0.4, -0.2) is 16.1 Å². The Hall–Kier alpha value is -0.920. The summed E-state index contributed by atoms with van der Waals surface area (Å²) >= 11 is 1.46. The number of aromatic nitrogens is 2. The van der Waals surface area contributed by atoms with Gasteiger partial charge >= 0.3 is 0 Å². The number of nitrogens with zero attached hydrogens (tertiary/aromatic N) is 2. The van der Waals surface area contributed by atoms with Crippen LogP contribution in [0.2, 0.25) is 0 Å². The highest BCUT2D eigenvalue weighted by atomic mass is 32.1. The molecule has 0 spiro atoms. The third-order valence-corrected chi connectivity index (χ3v) is 3.34. The van der Waals surface area contributed by atoms with E-state index in [0.717, 1.165) is 18.7 Å². The second-order valence-electron chi connectivity index (χ2n) is 5.15. The van der Waals surface area contributed by atoms with Crippen LogP contribution < -0.4 is 5.32 Å². The average molecular weight is 251 g/mol. The van der Waals surface area contributed by atoms with Crippen LogP contribution >= 0.6 is 11.5 Å². The Bertz CT molecular complexity index is 384. The fraction of sp³-hybridized carbons (Fsp3) is 0.692. The monoisotopic (exact) mass is 251 g/mol. The van der Waals surface area contributed by atoms with E-state index in [-0.39, 0.29) is 11.5 Å². The normalized spacial score (nSPS) is 13.4. The maximum absolute atomic E-state index is 5.44. The van der Waals surface area contributed by atoms with Gasteiger partial charge in [0.25, 0.3) is 0 Å². The van der Waals surface area contributed by atoms with E-state index < -0.39 is 0 Å². The maximum atomic E-state index is 5.44. The first-order valence-electron chi connectivity index (χ1n) is 6.00. The van der Waals surface area contributed by atoms with Crippen molar-refractivity contribution in [1.82, 2.24) is 14.9 Å². The minimum atomic E-state index is 0.0169. The first-order valence-corrected chi connectivity index (χ1v) is 6.77. The van der Waals surface area contributed by atoms with Crippen molar-refractivity contribution in [1.29, 1.82) is 0 Å². The van der Waals surface area contributed by atoms with E-state index in [1.807, 2.05) is 0 Å². The highest BCUT2D eigenvalue weighted by Gasteiger charge is 2.26. The largest absolute Gasteiger partial charge is 0.308 e. The third-order valence-electron chi connectivity index (χ3n) is 2.50. The minimum Gasteiger partial charge on any atom is -0.308 e. The topological polar surface area (TPSA) is 37.8 Å². The molecule has 3 nitrogen and oxygen atoms in total. The molecule has 94 valence electrons. The Balaban J connectivity index is 2.94. The molecule has 1 atom stereocenters. The second-order valence-corrected chi connectivity index (χ2v) is 5.94. The lowest BCUT2D eigenvalue weighted by atomic mass is 9.89. The maximum Gasteiger partial charge on any atom is 0.0857 e. The van der Waals surface area contributed by atoms with Gasteiger partial charge in [0.1, 0.15) is 0 Å². The van der Waals surface area contributed by atoms with Gasteiger partial charge in [0, 0.05) is 11.8 Å². The van der Waals surface area contributed by atoms with Gasteiger partial charge in [-0.15, -0.1) is 17.4 Å². The molecule has 0 aromatic carbocycles. The molecule has 17 heavy (non-hydrogen) atoms. The fourth-order valence-electron chi connectivity index (χ4n) is 1.64. The lowest BCUT2D eigenvalue weighted by molar-refractivity contribution is 0.512. The molecule has 1 unspecified atom stereocenters. The summed E-state index contributed by atoms with van der Waals surface area (Å²) in [5.74, 6) is 2.73. The molecule has 0 aliphatic carbocycles. The molecule has 1 N–H and O–H groups in total. The lowest BCUT2D eigenvalue weighted by Crippen LogP contribution is -2.24. The molecular weight excluding hydrogens is 230 g/mol. The molecule has 0 saturated heterocycles. The van der Waals surface area contributed by atoms with Gasteiger partial charge in [0.15, 0.2) is 0 Å². The number of nitrogens with one attached hydrogen (secondary N) is 1. The third kappa shape index (κ3) is 3.79. The summed E-state index contributed by atoms with van der Waals surface area (Å²) in [5.41, 5.74) is 1.08. The van der Waals surface area contributed by atoms with Gasteiger partial charge in [-0.3, -0.25) is 0 Å². The lowest BCUT2D eigenvalue weighted by Gasteiger charge is -2.21. The summed E-state index contributed by atoms with van der Waals surface area (Å²) in [6.07, 6.45) is 7.22. The van der Waals surface area contributed by atoms with Crippen LogP contribution in [-0.2, 0) is 5.41 Å². The van der Waals surface area contributed by atoms with Crippen molar-refractivity contribution in [3.8, 4) is 12.3 Å². The van der Waals surface area contributed by atoms with Crippen molar-refractivity contribution in [2.45, 2.75) is 52.0 Å².